The first kappa shape index (κ1) is 14.7. The lowest BCUT2D eigenvalue weighted by molar-refractivity contribution is -0.139. The van der Waals surface area contributed by atoms with E-state index >= 15 is 0 Å². The largest absolute Gasteiger partial charge is 0.480 e. The van der Waals surface area contributed by atoms with E-state index in [9.17, 15) is 9.90 Å². The Morgan fingerprint density at radius 3 is 3.05 bits per heavy atom. The van der Waals surface area contributed by atoms with Gasteiger partial charge in [0.2, 0.25) is 5.88 Å². The Morgan fingerprint density at radius 1 is 1.65 bits per heavy atom. The summed E-state index contributed by atoms with van der Waals surface area (Å²) < 4.78 is 10.8. The molecule has 1 fully saturated rings. The molecular weight excluding hydrogens is 260 g/mol. The molecule has 0 radical (unpaired) electrons. The summed E-state index contributed by atoms with van der Waals surface area (Å²) in [5, 5.41) is 9.29. The van der Waals surface area contributed by atoms with Crippen molar-refractivity contribution in [3.63, 3.8) is 0 Å². The molecule has 1 atom stereocenters. The fraction of sp³-hybridized carbons (Fsp3) is 0.571. The van der Waals surface area contributed by atoms with Crippen molar-refractivity contribution in [1.82, 2.24) is 9.88 Å². The Bertz CT molecular complexity index is 490. The molecule has 0 spiro atoms. The number of morpholine rings is 1. The molecule has 6 nitrogen and oxygen atoms in total. The number of rotatable bonds is 3. The van der Waals surface area contributed by atoms with Gasteiger partial charge in [0.1, 0.15) is 5.56 Å². The van der Waals surface area contributed by atoms with Gasteiger partial charge in [0.05, 0.1) is 25.4 Å². The van der Waals surface area contributed by atoms with Crippen molar-refractivity contribution in [2.24, 2.45) is 0 Å². The van der Waals surface area contributed by atoms with Crippen molar-refractivity contribution in [2.75, 3.05) is 26.8 Å². The number of aliphatic hydroxyl groups is 1. The zero-order chi connectivity index (χ0) is 14.8. The van der Waals surface area contributed by atoms with Crippen LogP contribution in [-0.2, 0) is 4.74 Å². The molecular formula is C14H20N2O4. The molecule has 2 heterocycles. The van der Waals surface area contributed by atoms with Crippen LogP contribution >= 0.6 is 0 Å². The second kappa shape index (κ2) is 5.76. The Morgan fingerprint density at radius 2 is 2.40 bits per heavy atom. The van der Waals surface area contributed by atoms with Gasteiger partial charge in [-0.3, -0.25) is 4.79 Å². The van der Waals surface area contributed by atoms with Gasteiger partial charge in [0.15, 0.2) is 0 Å². The number of methoxy groups -OCH3 is 1. The van der Waals surface area contributed by atoms with Gasteiger partial charge >= 0.3 is 0 Å². The number of carbonyl (C=O) groups is 1. The number of amides is 1. The van der Waals surface area contributed by atoms with Gasteiger partial charge < -0.3 is 19.5 Å². The smallest absolute Gasteiger partial charge is 0.259 e. The number of hydrogen-bond acceptors (Lipinski definition) is 5. The monoisotopic (exact) mass is 280 g/mol. The second-order valence-electron chi connectivity index (χ2n) is 5.43. The minimum absolute atomic E-state index is 0.114. The number of aliphatic hydroxyl groups excluding tert-OH is 1. The van der Waals surface area contributed by atoms with Crippen molar-refractivity contribution in [3.05, 3.63) is 23.9 Å². The third-order valence-corrected chi connectivity index (χ3v) is 3.17. The lowest BCUT2D eigenvalue weighted by Crippen LogP contribution is -2.55. The van der Waals surface area contributed by atoms with Crippen LogP contribution in [0.4, 0.5) is 0 Å². The lowest BCUT2D eigenvalue weighted by Gasteiger charge is -2.42. The molecule has 2 rings (SSSR count). The van der Waals surface area contributed by atoms with Crippen molar-refractivity contribution in [3.8, 4) is 5.88 Å². The van der Waals surface area contributed by atoms with E-state index in [0.717, 1.165) is 0 Å². The van der Waals surface area contributed by atoms with Gasteiger partial charge in [-0.15, -0.1) is 0 Å². The molecule has 0 bridgehead atoms. The maximum atomic E-state index is 12.6. The third kappa shape index (κ3) is 3.08. The van der Waals surface area contributed by atoms with Crippen molar-refractivity contribution < 1.29 is 19.4 Å². The maximum absolute atomic E-state index is 12.6. The average molecular weight is 280 g/mol. The van der Waals surface area contributed by atoms with Crippen LogP contribution in [0.25, 0.3) is 0 Å². The molecule has 0 saturated carbocycles. The molecule has 110 valence electrons. The number of ether oxygens (including phenoxy) is 2. The third-order valence-electron chi connectivity index (χ3n) is 3.17. The van der Waals surface area contributed by atoms with Crippen molar-refractivity contribution >= 4 is 5.91 Å². The van der Waals surface area contributed by atoms with Gasteiger partial charge in [-0.1, -0.05) is 0 Å². The van der Waals surface area contributed by atoms with Gasteiger partial charge in [-0.25, -0.2) is 4.98 Å². The predicted molar refractivity (Wildman–Crippen MR) is 72.7 cm³/mol. The van der Waals surface area contributed by atoms with E-state index in [1.807, 2.05) is 13.8 Å². The fourth-order valence-corrected chi connectivity index (χ4v) is 2.43. The Kier molecular flexibility index (Phi) is 4.25. The van der Waals surface area contributed by atoms with E-state index in [4.69, 9.17) is 9.47 Å². The summed E-state index contributed by atoms with van der Waals surface area (Å²) in [4.78, 5) is 18.3. The van der Waals surface area contributed by atoms with Crippen molar-refractivity contribution in [1.29, 1.82) is 0 Å². The summed E-state index contributed by atoms with van der Waals surface area (Å²) in [6, 6.07) is 3.38. The molecule has 1 aromatic rings. The fourth-order valence-electron chi connectivity index (χ4n) is 2.43. The summed E-state index contributed by atoms with van der Waals surface area (Å²) in [5.74, 6) is 0.145. The van der Waals surface area contributed by atoms with Crippen LogP contribution in [0.2, 0.25) is 0 Å². The lowest BCUT2D eigenvalue weighted by atomic mass is 10.0. The maximum Gasteiger partial charge on any atom is 0.259 e. The van der Waals surface area contributed by atoms with E-state index in [1.54, 1.807) is 23.2 Å². The zero-order valence-corrected chi connectivity index (χ0v) is 12.0. The van der Waals surface area contributed by atoms with E-state index in [1.165, 1.54) is 7.11 Å². The van der Waals surface area contributed by atoms with E-state index in [0.29, 0.717) is 24.5 Å². The van der Waals surface area contributed by atoms with Crippen molar-refractivity contribution in [2.45, 2.75) is 25.6 Å². The van der Waals surface area contributed by atoms with E-state index in [-0.39, 0.29) is 18.6 Å². The van der Waals surface area contributed by atoms with Crippen LogP contribution in [0.15, 0.2) is 18.3 Å². The first-order valence-electron chi connectivity index (χ1n) is 6.54. The predicted octanol–water partition coefficient (Wildman–Crippen LogP) is 0.702. The minimum atomic E-state index is -0.489. The standard InChI is InChI=1S/C14H20N2O4/c1-14(2)9-16(7-10(8-17)20-14)13(18)11-5-4-6-15-12(11)19-3/h4-6,10,17H,7-9H2,1-3H3. The zero-order valence-electron chi connectivity index (χ0n) is 12.0. The summed E-state index contributed by atoms with van der Waals surface area (Å²) >= 11 is 0. The molecule has 0 aliphatic carbocycles. The van der Waals surface area contributed by atoms with Crippen LogP contribution in [0, 0.1) is 0 Å². The molecule has 1 aromatic heterocycles. The highest BCUT2D eigenvalue weighted by molar-refractivity contribution is 5.96. The summed E-state index contributed by atoms with van der Waals surface area (Å²) in [5.41, 5.74) is -0.0686. The molecule has 0 aromatic carbocycles. The number of nitrogens with zero attached hydrogens (tertiary/aromatic N) is 2. The molecule has 1 amide bonds. The van der Waals surface area contributed by atoms with Gasteiger partial charge in [0, 0.05) is 19.3 Å². The molecule has 1 aliphatic rings. The summed E-state index contributed by atoms with van der Waals surface area (Å²) in [6.07, 6.45) is 1.21. The van der Waals surface area contributed by atoms with Crippen LogP contribution in [0.1, 0.15) is 24.2 Å². The molecule has 6 heteroatoms. The highest BCUT2D eigenvalue weighted by Crippen LogP contribution is 2.24. The Hall–Kier alpha value is -1.66. The van der Waals surface area contributed by atoms with E-state index < -0.39 is 5.60 Å². The normalized spacial score (nSPS) is 21.6. The number of aromatic nitrogens is 1. The van der Waals surface area contributed by atoms with Crippen LogP contribution < -0.4 is 4.74 Å². The molecule has 1 aliphatic heterocycles. The van der Waals surface area contributed by atoms with Gasteiger partial charge in [-0.05, 0) is 26.0 Å². The van der Waals surface area contributed by atoms with E-state index in [2.05, 4.69) is 4.98 Å². The average Bonchev–Trinajstić information content (AvgIpc) is 2.44. The molecule has 20 heavy (non-hydrogen) atoms. The molecule has 1 N–H and O–H groups in total. The molecule has 1 saturated heterocycles. The summed E-state index contributed by atoms with van der Waals surface area (Å²) in [6.45, 7) is 4.50. The quantitative estimate of drug-likeness (QED) is 0.882. The highest BCUT2D eigenvalue weighted by Gasteiger charge is 2.36. The number of hydrogen-bond donors (Lipinski definition) is 1. The number of pyridine rings is 1. The Labute approximate surface area is 118 Å². The van der Waals surface area contributed by atoms with Crippen LogP contribution in [0.3, 0.4) is 0 Å². The molecule has 1 unspecified atom stereocenters. The van der Waals surface area contributed by atoms with Gasteiger partial charge in [0.25, 0.3) is 5.91 Å². The summed E-state index contributed by atoms with van der Waals surface area (Å²) in [7, 11) is 1.49. The second-order valence-corrected chi connectivity index (χ2v) is 5.43. The first-order chi connectivity index (χ1) is 9.46. The minimum Gasteiger partial charge on any atom is -0.480 e. The highest BCUT2D eigenvalue weighted by atomic mass is 16.5. The topological polar surface area (TPSA) is 71.9 Å². The first-order valence-corrected chi connectivity index (χ1v) is 6.54. The van der Waals surface area contributed by atoms with Crippen LogP contribution in [-0.4, -0.2) is 59.4 Å². The van der Waals surface area contributed by atoms with Crippen LogP contribution in [0.5, 0.6) is 5.88 Å². The van der Waals surface area contributed by atoms with Gasteiger partial charge in [-0.2, -0.15) is 0 Å². The SMILES string of the molecule is COc1ncccc1C(=O)N1CC(CO)OC(C)(C)C1. The Balaban J connectivity index is 2.23. The number of carbonyl (C=O) groups excluding carboxylic acids is 1.